The summed E-state index contributed by atoms with van der Waals surface area (Å²) >= 11 is 1.31. The second-order valence-electron chi connectivity index (χ2n) is 13.8. The Labute approximate surface area is 275 Å². The molecule has 2 amide bonds. The standard InChI is InChI=1S/C36H57N3O5S/c1-9-11-13-14-20-39(33(42)15-12-10-2)31(25(3)4)22-32(44-26(5)40)35-38-30(24-45-35)34(43)37-28(23-36(6,7)8)21-27-16-18-29(41)19-17-27/h16-19,24-25,28,31-32,41H,9-15,20-23H2,1-8H3,(H,37,43). The number of esters is 1. The Kier molecular flexibility index (Phi) is 16.1. The fourth-order valence-electron chi connectivity index (χ4n) is 5.66. The molecule has 0 spiro atoms. The molecule has 252 valence electrons. The molecule has 2 N–H and O–H groups in total. The fourth-order valence-corrected chi connectivity index (χ4v) is 6.50. The lowest BCUT2D eigenvalue weighted by Crippen LogP contribution is -2.45. The van der Waals surface area contributed by atoms with Gasteiger partial charge in [0, 0.05) is 43.8 Å². The average Bonchev–Trinajstić information content (AvgIpc) is 3.45. The number of carbonyl (C=O) groups excluding carboxylic acids is 3. The maximum atomic E-state index is 13.5. The fraction of sp³-hybridized carbons (Fsp3) is 0.667. The van der Waals surface area contributed by atoms with Gasteiger partial charge in [0.05, 0.1) is 0 Å². The van der Waals surface area contributed by atoms with E-state index in [2.05, 4.69) is 58.8 Å². The van der Waals surface area contributed by atoms with Crippen molar-refractivity contribution in [2.24, 2.45) is 11.3 Å². The molecule has 2 aromatic rings. The molecule has 0 aliphatic heterocycles. The normalized spacial score (nSPS) is 13.7. The summed E-state index contributed by atoms with van der Waals surface area (Å²) in [6.45, 7) is 16.9. The van der Waals surface area contributed by atoms with E-state index < -0.39 is 12.1 Å². The molecule has 1 aromatic heterocycles. The first-order valence-electron chi connectivity index (χ1n) is 16.7. The Balaban J connectivity index is 2.29. The van der Waals surface area contributed by atoms with Gasteiger partial charge in [-0.1, -0.05) is 86.3 Å². The van der Waals surface area contributed by atoms with Gasteiger partial charge in [0.25, 0.3) is 5.91 Å². The van der Waals surface area contributed by atoms with Gasteiger partial charge < -0.3 is 20.1 Å². The summed E-state index contributed by atoms with van der Waals surface area (Å²) in [6, 6.07) is 6.77. The number of aromatic nitrogens is 1. The van der Waals surface area contributed by atoms with Crippen LogP contribution >= 0.6 is 11.3 Å². The number of nitrogens with zero attached hydrogens (tertiary/aromatic N) is 2. The molecule has 0 saturated heterocycles. The Morgan fingerprint density at radius 1 is 1.02 bits per heavy atom. The zero-order valence-electron chi connectivity index (χ0n) is 28.9. The van der Waals surface area contributed by atoms with E-state index in [1.807, 2.05) is 17.0 Å². The van der Waals surface area contributed by atoms with Crippen molar-refractivity contribution >= 4 is 29.1 Å². The van der Waals surface area contributed by atoms with Crippen LogP contribution in [0.2, 0.25) is 0 Å². The molecule has 3 unspecified atom stereocenters. The number of ether oxygens (including phenoxy) is 1. The largest absolute Gasteiger partial charge is 0.508 e. The van der Waals surface area contributed by atoms with Crippen molar-refractivity contribution in [2.45, 2.75) is 138 Å². The topological polar surface area (TPSA) is 109 Å². The van der Waals surface area contributed by atoms with E-state index in [-0.39, 0.29) is 46.7 Å². The predicted octanol–water partition coefficient (Wildman–Crippen LogP) is 8.24. The molecule has 0 aliphatic carbocycles. The van der Waals surface area contributed by atoms with Crippen molar-refractivity contribution in [3.05, 3.63) is 45.9 Å². The first-order chi connectivity index (χ1) is 21.2. The van der Waals surface area contributed by atoms with Gasteiger partial charge in [-0.15, -0.1) is 11.3 Å². The number of phenolic OH excluding ortho intramolecular Hbond substituents is 1. The van der Waals surface area contributed by atoms with Gasteiger partial charge in [0.15, 0.2) is 6.10 Å². The van der Waals surface area contributed by atoms with Crippen LogP contribution in [0, 0.1) is 11.3 Å². The summed E-state index contributed by atoms with van der Waals surface area (Å²) in [6.07, 6.45) is 7.70. The van der Waals surface area contributed by atoms with Crippen molar-refractivity contribution in [1.82, 2.24) is 15.2 Å². The third-order valence-electron chi connectivity index (χ3n) is 7.89. The van der Waals surface area contributed by atoms with Crippen LogP contribution in [0.25, 0.3) is 0 Å². The summed E-state index contributed by atoms with van der Waals surface area (Å²) in [5, 5.41) is 15.1. The number of benzene rings is 1. The second kappa shape index (κ2) is 18.9. The van der Waals surface area contributed by atoms with Gasteiger partial charge in [-0.05, 0) is 54.7 Å². The number of thiazole rings is 1. The minimum Gasteiger partial charge on any atom is -0.508 e. The van der Waals surface area contributed by atoms with E-state index in [4.69, 9.17) is 4.74 Å². The van der Waals surface area contributed by atoms with E-state index >= 15 is 0 Å². The number of unbranched alkanes of at least 4 members (excludes halogenated alkanes) is 4. The minimum atomic E-state index is -0.666. The molecule has 1 aromatic carbocycles. The highest BCUT2D eigenvalue weighted by molar-refractivity contribution is 7.09. The van der Waals surface area contributed by atoms with Gasteiger partial charge in [0.2, 0.25) is 5.91 Å². The van der Waals surface area contributed by atoms with Crippen molar-refractivity contribution in [3.63, 3.8) is 0 Å². The number of rotatable bonds is 19. The van der Waals surface area contributed by atoms with Crippen LogP contribution in [0.15, 0.2) is 29.6 Å². The maximum absolute atomic E-state index is 13.5. The third kappa shape index (κ3) is 13.9. The van der Waals surface area contributed by atoms with Crippen LogP contribution in [0.3, 0.4) is 0 Å². The molecular weight excluding hydrogens is 586 g/mol. The molecule has 2 rings (SSSR count). The van der Waals surface area contributed by atoms with E-state index in [1.54, 1.807) is 17.5 Å². The number of nitrogens with one attached hydrogen (secondary N) is 1. The summed E-state index contributed by atoms with van der Waals surface area (Å²) in [4.78, 5) is 45.9. The SMILES string of the molecule is CCCCCCN(C(=O)CCCC)C(CC(OC(C)=O)c1nc(C(=O)NC(Cc2ccc(O)cc2)CC(C)(C)C)cs1)C(C)C. The first kappa shape index (κ1) is 38.2. The van der Waals surface area contributed by atoms with Crippen molar-refractivity contribution in [1.29, 1.82) is 0 Å². The van der Waals surface area contributed by atoms with Crippen molar-refractivity contribution in [3.8, 4) is 5.75 Å². The predicted molar refractivity (Wildman–Crippen MR) is 182 cm³/mol. The monoisotopic (exact) mass is 643 g/mol. The van der Waals surface area contributed by atoms with E-state index in [9.17, 15) is 19.5 Å². The lowest BCUT2D eigenvalue weighted by atomic mass is 9.85. The Hall–Kier alpha value is -2.94. The number of amides is 2. The first-order valence-corrected chi connectivity index (χ1v) is 17.6. The molecule has 8 nitrogen and oxygen atoms in total. The highest BCUT2D eigenvalue weighted by atomic mass is 32.1. The van der Waals surface area contributed by atoms with Crippen LogP contribution in [0.1, 0.15) is 140 Å². The number of aromatic hydroxyl groups is 1. The summed E-state index contributed by atoms with van der Waals surface area (Å²) in [5.74, 6) is -0.210. The molecule has 0 radical (unpaired) electrons. The maximum Gasteiger partial charge on any atom is 0.303 e. The van der Waals surface area contributed by atoms with Gasteiger partial charge >= 0.3 is 5.97 Å². The van der Waals surface area contributed by atoms with Gasteiger partial charge in [-0.3, -0.25) is 14.4 Å². The quantitative estimate of drug-likeness (QED) is 0.118. The molecule has 0 bridgehead atoms. The summed E-state index contributed by atoms with van der Waals surface area (Å²) in [7, 11) is 0. The number of hydrogen-bond donors (Lipinski definition) is 2. The summed E-state index contributed by atoms with van der Waals surface area (Å²) in [5.41, 5.74) is 1.28. The molecule has 9 heteroatoms. The van der Waals surface area contributed by atoms with Crippen LogP contribution in [0.4, 0.5) is 0 Å². The Morgan fingerprint density at radius 2 is 1.69 bits per heavy atom. The smallest absolute Gasteiger partial charge is 0.303 e. The molecule has 0 aliphatic rings. The van der Waals surface area contributed by atoms with Crippen molar-refractivity contribution < 1.29 is 24.2 Å². The molecule has 3 atom stereocenters. The van der Waals surface area contributed by atoms with Gasteiger partial charge in [0.1, 0.15) is 16.5 Å². The minimum absolute atomic E-state index is 0.0225. The van der Waals surface area contributed by atoms with Crippen LogP contribution < -0.4 is 5.32 Å². The Morgan fingerprint density at radius 3 is 2.27 bits per heavy atom. The van der Waals surface area contributed by atoms with Gasteiger partial charge in [-0.2, -0.15) is 0 Å². The molecule has 0 fully saturated rings. The van der Waals surface area contributed by atoms with E-state index in [0.29, 0.717) is 30.8 Å². The zero-order valence-corrected chi connectivity index (χ0v) is 29.7. The molecular formula is C36H57N3O5S. The zero-order chi connectivity index (χ0) is 33.6. The second-order valence-corrected chi connectivity index (χ2v) is 14.7. The number of phenols is 1. The highest BCUT2D eigenvalue weighted by Crippen LogP contribution is 2.32. The number of hydrogen-bond acceptors (Lipinski definition) is 7. The van der Waals surface area contributed by atoms with Crippen molar-refractivity contribution in [2.75, 3.05) is 6.54 Å². The Bertz CT molecular complexity index is 1190. The number of carbonyl (C=O) groups is 3. The van der Waals surface area contributed by atoms with Gasteiger partial charge in [-0.25, -0.2) is 4.98 Å². The lowest BCUT2D eigenvalue weighted by Gasteiger charge is -2.36. The van der Waals surface area contributed by atoms with Crippen LogP contribution in [-0.4, -0.2) is 51.4 Å². The van der Waals surface area contributed by atoms with E-state index in [0.717, 1.165) is 50.5 Å². The summed E-state index contributed by atoms with van der Waals surface area (Å²) < 4.78 is 5.82. The van der Waals surface area contributed by atoms with Crippen LogP contribution in [0.5, 0.6) is 5.75 Å². The molecule has 0 saturated carbocycles. The van der Waals surface area contributed by atoms with Crippen LogP contribution in [-0.2, 0) is 20.7 Å². The highest BCUT2D eigenvalue weighted by Gasteiger charge is 2.32. The molecule has 1 heterocycles. The lowest BCUT2D eigenvalue weighted by molar-refractivity contribution is -0.148. The van der Waals surface area contributed by atoms with E-state index in [1.165, 1.54) is 18.3 Å². The average molecular weight is 644 g/mol. The molecule has 45 heavy (non-hydrogen) atoms. The third-order valence-corrected chi connectivity index (χ3v) is 8.83.